The first-order chi connectivity index (χ1) is 10.4. The Balaban J connectivity index is 2.80. The van der Waals surface area contributed by atoms with Crippen LogP contribution in [0.2, 0.25) is 18.1 Å². The molecule has 0 aliphatic carbocycles. The van der Waals surface area contributed by atoms with Gasteiger partial charge in [-0.1, -0.05) is 75.3 Å². The number of allylic oxidation sites excluding steroid dienone is 2. The van der Waals surface area contributed by atoms with Crippen molar-refractivity contribution in [2.24, 2.45) is 0 Å². The van der Waals surface area contributed by atoms with Crippen LogP contribution >= 0.6 is 0 Å². The summed E-state index contributed by atoms with van der Waals surface area (Å²) in [6.07, 6.45) is -0.544. The lowest BCUT2D eigenvalue weighted by atomic mass is 10.1. The molecular weight excluding hydrogens is 301 g/mol. The van der Waals surface area contributed by atoms with Crippen LogP contribution in [-0.4, -0.2) is 14.3 Å². The zero-order valence-corrected chi connectivity index (χ0v) is 14.8. The SMILES string of the molecule is CC[Si](CC)(CC)/C(=C/CCCc1ccccc1)C(F)(F)F. The topological polar surface area (TPSA) is 0 Å². The average molecular weight is 328 g/mol. The molecule has 0 N–H and O–H groups in total. The summed E-state index contributed by atoms with van der Waals surface area (Å²) in [7, 11) is -2.38. The largest absolute Gasteiger partial charge is 0.408 e. The van der Waals surface area contributed by atoms with Crippen LogP contribution < -0.4 is 0 Å². The number of benzene rings is 1. The van der Waals surface area contributed by atoms with E-state index in [1.165, 1.54) is 11.6 Å². The Morgan fingerprint density at radius 2 is 1.55 bits per heavy atom. The van der Waals surface area contributed by atoms with Crippen molar-refractivity contribution in [3.05, 3.63) is 47.2 Å². The van der Waals surface area contributed by atoms with Crippen LogP contribution in [0.25, 0.3) is 0 Å². The highest BCUT2D eigenvalue weighted by atomic mass is 28.3. The first-order valence-corrected chi connectivity index (χ1v) is 10.8. The smallest absolute Gasteiger partial charge is 0.167 e. The second-order valence-corrected chi connectivity index (χ2v) is 11.1. The molecule has 0 spiro atoms. The molecule has 0 aromatic heterocycles. The van der Waals surface area contributed by atoms with Gasteiger partial charge in [0.25, 0.3) is 0 Å². The zero-order valence-electron chi connectivity index (χ0n) is 13.8. The van der Waals surface area contributed by atoms with Gasteiger partial charge in [0.05, 0.1) is 8.07 Å². The van der Waals surface area contributed by atoms with Crippen LogP contribution in [0, 0.1) is 0 Å². The normalized spacial score (nSPS) is 13.5. The van der Waals surface area contributed by atoms with Crippen LogP contribution in [0.5, 0.6) is 0 Å². The maximum atomic E-state index is 13.5. The standard InChI is InChI=1S/C18H27F3Si/c1-4-22(5-2,6-3)17(18(19,20)21)15-11-10-14-16-12-8-7-9-13-16/h7-9,12-13,15H,4-6,10-11,14H2,1-3H3/b17-15+. The fourth-order valence-corrected chi connectivity index (χ4v) is 6.97. The van der Waals surface area contributed by atoms with E-state index in [9.17, 15) is 13.2 Å². The molecule has 0 heterocycles. The van der Waals surface area contributed by atoms with E-state index in [2.05, 4.69) is 0 Å². The lowest BCUT2D eigenvalue weighted by molar-refractivity contribution is -0.0861. The molecule has 0 saturated heterocycles. The molecule has 0 bridgehead atoms. The summed E-state index contributed by atoms with van der Waals surface area (Å²) in [6.45, 7) is 5.76. The average Bonchev–Trinajstić information content (AvgIpc) is 2.51. The molecule has 0 nitrogen and oxygen atoms in total. The molecule has 0 radical (unpaired) electrons. The molecule has 124 valence electrons. The molecule has 1 aromatic rings. The number of aryl methyl sites for hydroxylation is 1. The maximum Gasteiger partial charge on any atom is 0.408 e. The van der Waals surface area contributed by atoms with E-state index in [0.29, 0.717) is 24.6 Å². The quantitative estimate of drug-likeness (QED) is 0.375. The fraction of sp³-hybridized carbons (Fsp3) is 0.556. The Bertz CT molecular complexity index is 451. The molecule has 22 heavy (non-hydrogen) atoms. The van der Waals surface area contributed by atoms with Crippen molar-refractivity contribution in [2.75, 3.05) is 0 Å². The molecule has 1 rings (SSSR count). The Labute approximate surface area is 133 Å². The summed E-state index contributed by atoms with van der Waals surface area (Å²) in [6, 6.07) is 12.0. The minimum Gasteiger partial charge on any atom is -0.167 e. The summed E-state index contributed by atoms with van der Waals surface area (Å²) in [5.74, 6) is 0. The molecule has 0 amide bonds. The van der Waals surface area contributed by atoms with Gasteiger partial charge in [-0.3, -0.25) is 0 Å². The van der Waals surface area contributed by atoms with Gasteiger partial charge in [-0.05, 0) is 24.8 Å². The third-order valence-electron chi connectivity index (χ3n) is 4.77. The lowest BCUT2D eigenvalue weighted by Gasteiger charge is -2.32. The van der Waals surface area contributed by atoms with Gasteiger partial charge in [0, 0.05) is 5.20 Å². The monoisotopic (exact) mass is 328 g/mol. The first-order valence-electron chi connectivity index (χ1n) is 8.21. The van der Waals surface area contributed by atoms with Crippen LogP contribution in [-0.2, 0) is 6.42 Å². The number of rotatable bonds is 8. The molecule has 0 aliphatic rings. The van der Waals surface area contributed by atoms with Crippen molar-refractivity contribution in [1.29, 1.82) is 0 Å². The fourth-order valence-electron chi connectivity index (χ4n) is 3.15. The van der Waals surface area contributed by atoms with Gasteiger partial charge in [-0.15, -0.1) is 0 Å². The number of halogens is 3. The van der Waals surface area contributed by atoms with E-state index in [1.54, 1.807) is 0 Å². The molecule has 0 fully saturated rings. The van der Waals surface area contributed by atoms with E-state index < -0.39 is 14.3 Å². The summed E-state index contributed by atoms with van der Waals surface area (Å²) < 4.78 is 40.5. The van der Waals surface area contributed by atoms with Crippen LogP contribution in [0.15, 0.2) is 41.6 Å². The van der Waals surface area contributed by atoms with Crippen molar-refractivity contribution < 1.29 is 13.2 Å². The van der Waals surface area contributed by atoms with E-state index in [1.807, 2.05) is 51.1 Å². The van der Waals surface area contributed by atoms with E-state index >= 15 is 0 Å². The highest BCUT2D eigenvalue weighted by molar-refractivity contribution is 6.86. The van der Waals surface area contributed by atoms with E-state index in [0.717, 1.165) is 12.8 Å². The third-order valence-corrected chi connectivity index (χ3v) is 10.5. The maximum absolute atomic E-state index is 13.5. The van der Waals surface area contributed by atoms with Crippen LogP contribution in [0.3, 0.4) is 0 Å². The first kappa shape index (κ1) is 19.0. The van der Waals surface area contributed by atoms with Gasteiger partial charge in [0.2, 0.25) is 0 Å². The number of alkyl halides is 3. The minimum absolute atomic E-state index is 0.180. The molecule has 0 saturated carbocycles. The Morgan fingerprint density at radius 1 is 1.00 bits per heavy atom. The summed E-state index contributed by atoms with van der Waals surface area (Å²) in [5.41, 5.74) is 1.19. The second-order valence-electron chi connectivity index (χ2n) is 5.83. The predicted octanol–water partition coefficient (Wildman–Crippen LogP) is 6.55. The number of hydrogen-bond acceptors (Lipinski definition) is 0. The van der Waals surface area contributed by atoms with Crippen LogP contribution in [0.1, 0.15) is 39.2 Å². The second kappa shape index (κ2) is 8.56. The number of unbranched alkanes of at least 4 members (excludes halogenated alkanes) is 1. The minimum atomic E-state index is -4.17. The van der Waals surface area contributed by atoms with Crippen molar-refractivity contribution in [1.82, 2.24) is 0 Å². The van der Waals surface area contributed by atoms with Gasteiger partial charge in [0.15, 0.2) is 0 Å². The molecule has 0 atom stereocenters. The Morgan fingerprint density at radius 3 is 2.00 bits per heavy atom. The van der Waals surface area contributed by atoms with Crippen molar-refractivity contribution in [2.45, 2.75) is 64.3 Å². The van der Waals surface area contributed by atoms with Gasteiger partial charge in [-0.2, -0.15) is 13.2 Å². The van der Waals surface area contributed by atoms with Gasteiger partial charge < -0.3 is 0 Å². The van der Waals surface area contributed by atoms with E-state index in [-0.39, 0.29) is 5.20 Å². The zero-order chi connectivity index (χ0) is 16.6. The molecule has 0 unspecified atom stereocenters. The highest BCUT2D eigenvalue weighted by Gasteiger charge is 2.46. The lowest BCUT2D eigenvalue weighted by Crippen LogP contribution is -2.41. The molecular formula is C18H27F3Si. The van der Waals surface area contributed by atoms with Gasteiger partial charge in [0.1, 0.15) is 0 Å². The van der Waals surface area contributed by atoms with Crippen molar-refractivity contribution in [3.8, 4) is 0 Å². The van der Waals surface area contributed by atoms with Gasteiger partial charge in [-0.25, -0.2) is 0 Å². The van der Waals surface area contributed by atoms with E-state index in [4.69, 9.17) is 0 Å². The summed E-state index contributed by atoms with van der Waals surface area (Å²) in [4.78, 5) is 0. The third kappa shape index (κ3) is 5.01. The Kier molecular flexibility index (Phi) is 7.40. The molecule has 1 aromatic carbocycles. The summed E-state index contributed by atoms with van der Waals surface area (Å²) >= 11 is 0. The van der Waals surface area contributed by atoms with Crippen molar-refractivity contribution in [3.63, 3.8) is 0 Å². The molecule has 4 heteroatoms. The van der Waals surface area contributed by atoms with Crippen LogP contribution in [0.4, 0.5) is 13.2 Å². The van der Waals surface area contributed by atoms with Gasteiger partial charge >= 0.3 is 6.18 Å². The predicted molar refractivity (Wildman–Crippen MR) is 90.7 cm³/mol. The number of hydrogen-bond donors (Lipinski definition) is 0. The Hall–Kier alpha value is -1.03. The highest BCUT2D eigenvalue weighted by Crippen LogP contribution is 2.39. The summed E-state index contributed by atoms with van der Waals surface area (Å²) in [5, 5.41) is -0.180. The van der Waals surface area contributed by atoms with Crippen molar-refractivity contribution >= 4 is 8.07 Å². The molecule has 0 aliphatic heterocycles.